The van der Waals surface area contributed by atoms with Gasteiger partial charge in [-0.05, 0) is 56.2 Å². The summed E-state index contributed by atoms with van der Waals surface area (Å²) in [4.78, 5) is 23.8. The Morgan fingerprint density at radius 3 is 2.50 bits per heavy atom. The minimum atomic E-state index is -0.457. The minimum absolute atomic E-state index is 0.155. The van der Waals surface area contributed by atoms with E-state index in [4.69, 9.17) is 0 Å². The van der Waals surface area contributed by atoms with E-state index in [-0.39, 0.29) is 29.7 Å². The second-order valence-corrected chi connectivity index (χ2v) is 6.82. The smallest absolute Gasteiger partial charge is 0.321 e. The fourth-order valence-corrected chi connectivity index (χ4v) is 3.33. The number of carbonyl (C=O) groups is 2. The summed E-state index contributed by atoms with van der Waals surface area (Å²) < 4.78 is 13.1. The lowest BCUT2D eigenvalue weighted by Gasteiger charge is -2.25. The zero-order chi connectivity index (χ0) is 17.1. The number of imide groups is 1. The van der Waals surface area contributed by atoms with Crippen molar-refractivity contribution in [3.63, 3.8) is 0 Å². The monoisotopic (exact) mass is 333 g/mol. The Bertz CT molecular complexity index is 601. The van der Waals surface area contributed by atoms with Gasteiger partial charge in [-0.15, -0.1) is 0 Å². The summed E-state index contributed by atoms with van der Waals surface area (Å²) in [5, 5.41) is 8.46. The molecule has 24 heavy (non-hydrogen) atoms. The van der Waals surface area contributed by atoms with Crippen molar-refractivity contribution in [1.82, 2.24) is 16.0 Å². The third-order valence-electron chi connectivity index (χ3n) is 4.82. The van der Waals surface area contributed by atoms with Crippen LogP contribution in [0.4, 0.5) is 9.18 Å². The maximum atomic E-state index is 13.1. The molecule has 3 amide bonds. The molecule has 2 saturated carbocycles. The second kappa shape index (κ2) is 7.30. The molecule has 0 heterocycles. The van der Waals surface area contributed by atoms with Crippen molar-refractivity contribution in [2.75, 3.05) is 0 Å². The van der Waals surface area contributed by atoms with Gasteiger partial charge in [0.25, 0.3) is 0 Å². The van der Waals surface area contributed by atoms with Crippen LogP contribution in [0.15, 0.2) is 24.3 Å². The molecule has 130 valence electrons. The normalized spacial score (nSPS) is 24.4. The molecule has 1 aromatic carbocycles. The zero-order valence-corrected chi connectivity index (χ0v) is 13.8. The molecule has 6 heteroatoms. The lowest BCUT2D eigenvalue weighted by Crippen LogP contribution is -2.51. The first-order valence-corrected chi connectivity index (χ1v) is 8.66. The molecule has 0 saturated heterocycles. The molecule has 1 aromatic rings. The number of halogens is 1. The largest absolute Gasteiger partial charge is 0.335 e. The van der Waals surface area contributed by atoms with Crippen LogP contribution in [0.2, 0.25) is 0 Å². The van der Waals surface area contributed by atoms with Crippen molar-refractivity contribution in [2.24, 2.45) is 0 Å². The van der Waals surface area contributed by atoms with Gasteiger partial charge in [0, 0.05) is 12.1 Å². The van der Waals surface area contributed by atoms with E-state index in [9.17, 15) is 14.0 Å². The highest BCUT2D eigenvalue weighted by Crippen LogP contribution is 2.34. The summed E-state index contributed by atoms with van der Waals surface area (Å²) in [6.45, 7) is 1.76. The maximum Gasteiger partial charge on any atom is 0.321 e. The highest BCUT2D eigenvalue weighted by Gasteiger charge is 2.31. The quantitative estimate of drug-likeness (QED) is 0.775. The Labute approximate surface area is 141 Å². The summed E-state index contributed by atoms with van der Waals surface area (Å²) in [6, 6.07) is 6.08. The van der Waals surface area contributed by atoms with Crippen molar-refractivity contribution < 1.29 is 14.0 Å². The molecule has 0 bridgehead atoms. The molecule has 2 fully saturated rings. The van der Waals surface area contributed by atoms with E-state index >= 15 is 0 Å². The van der Waals surface area contributed by atoms with Crippen molar-refractivity contribution in [3.05, 3.63) is 35.6 Å². The predicted molar refractivity (Wildman–Crippen MR) is 89.1 cm³/mol. The van der Waals surface area contributed by atoms with Gasteiger partial charge in [-0.25, -0.2) is 9.18 Å². The van der Waals surface area contributed by atoms with E-state index < -0.39 is 12.1 Å². The number of hydrogen-bond acceptors (Lipinski definition) is 3. The molecule has 2 aliphatic carbocycles. The highest BCUT2D eigenvalue weighted by atomic mass is 19.1. The van der Waals surface area contributed by atoms with E-state index in [1.807, 2.05) is 12.1 Å². The fraction of sp³-hybridized carbons (Fsp3) is 0.556. The molecule has 2 aliphatic rings. The Morgan fingerprint density at radius 1 is 1.12 bits per heavy atom. The fourth-order valence-electron chi connectivity index (χ4n) is 3.33. The lowest BCUT2D eigenvalue weighted by molar-refractivity contribution is -0.121. The summed E-state index contributed by atoms with van der Waals surface area (Å²) in [5.74, 6) is -0.297. The Kier molecular flexibility index (Phi) is 5.14. The van der Waals surface area contributed by atoms with Gasteiger partial charge in [-0.1, -0.05) is 18.6 Å². The number of rotatable bonds is 5. The van der Waals surface area contributed by atoms with Gasteiger partial charge in [-0.3, -0.25) is 10.1 Å². The van der Waals surface area contributed by atoms with E-state index in [0.29, 0.717) is 0 Å². The molecular formula is C18H24FN3O2. The van der Waals surface area contributed by atoms with Crippen LogP contribution in [0, 0.1) is 5.82 Å². The molecule has 0 aliphatic heterocycles. The second-order valence-electron chi connectivity index (χ2n) is 6.82. The number of benzene rings is 1. The van der Waals surface area contributed by atoms with Crippen molar-refractivity contribution in [3.8, 4) is 0 Å². The zero-order valence-electron chi connectivity index (χ0n) is 13.8. The van der Waals surface area contributed by atoms with Crippen LogP contribution in [-0.2, 0) is 4.79 Å². The van der Waals surface area contributed by atoms with Gasteiger partial charge in [0.1, 0.15) is 5.82 Å². The minimum Gasteiger partial charge on any atom is -0.335 e. The van der Waals surface area contributed by atoms with Crippen LogP contribution in [0.3, 0.4) is 0 Å². The third-order valence-corrected chi connectivity index (χ3v) is 4.82. The van der Waals surface area contributed by atoms with Gasteiger partial charge in [-0.2, -0.15) is 0 Å². The number of hydrogen-bond donors (Lipinski definition) is 3. The highest BCUT2D eigenvalue weighted by molar-refractivity contribution is 5.97. The molecule has 3 atom stereocenters. The van der Waals surface area contributed by atoms with Crippen LogP contribution in [0.5, 0.6) is 0 Å². The summed E-state index contributed by atoms with van der Waals surface area (Å²) in [7, 11) is 0. The van der Waals surface area contributed by atoms with E-state index in [0.717, 1.165) is 37.7 Å². The van der Waals surface area contributed by atoms with E-state index in [1.54, 1.807) is 6.92 Å². The SMILES string of the molecule is C[C@H](N[C@@H]1CCC[C@@H]1c1ccc(F)cc1)C(=O)NC(=O)NC1CC1. The number of carbonyl (C=O) groups excluding carboxylic acids is 2. The Balaban J connectivity index is 1.54. The van der Waals surface area contributed by atoms with Crippen molar-refractivity contribution >= 4 is 11.9 Å². The molecular weight excluding hydrogens is 309 g/mol. The molecule has 0 spiro atoms. The van der Waals surface area contributed by atoms with E-state index in [2.05, 4.69) is 16.0 Å². The van der Waals surface area contributed by atoms with Crippen LogP contribution in [-0.4, -0.2) is 30.1 Å². The van der Waals surface area contributed by atoms with Gasteiger partial charge < -0.3 is 10.6 Å². The summed E-state index contributed by atoms with van der Waals surface area (Å²) in [5.41, 5.74) is 1.09. The van der Waals surface area contributed by atoms with Gasteiger partial charge in [0.05, 0.1) is 6.04 Å². The van der Waals surface area contributed by atoms with Gasteiger partial charge in [0.15, 0.2) is 0 Å². The summed E-state index contributed by atoms with van der Waals surface area (Å²) in [6.07, 6.45) is 5.01. The first-order chi connectivity index (χ1) is 11.5. The standard InChI is InChI=1S/C18H24FN3O2/c1-11(17(23)22-18(24)21-14-9-10-14)20-16-4-2-3-15(16)12-5-7-13(19)8-6-12/h5-8,11,14-16,20H,2-4,9-10H2,1H3,(H2,21,22,23,24)/t11-,15+,16+/m0/s1. The van der Waals surface area contributed by atoms with Crippen molar-refractivity contribution in [2.45, 2.75) is 63.1 Å². The lowest BCUT2D eigenvalue weighted by atomic mass is 9.93. The van der Waals surface area contributed by atoms with Gasteiger partial charge >= 0.3 is 6.03 Å². The molecule has 5 nitrogen and oxygen atoms in total. The average molecular weight is 333 g/mol. The Morgan fingerprint density at radius 2 is 1.83 bits per heavy atom. The molecule has 3 N–H and O–H groups in total. The molecule has 0 radical (unpaired) electrons. The molecule has 0 aromatic heterocycles. The van der Waals surface area contributed by atoms with Crippen molar-refractivity contribution in [1.29, 1.82) is 0 Å². The summed E-state index contributed by atoms with van der Waals surface area (Å²) >= 11 is 0. The van der Waals surface area contributed by atoms with Crippen LogP contribution >= 0.6 is 0 Å². The molecule has 3 rings (SSSR count). The van der Waals surface area contributed by atoms with Gasteiger partial charge in [0.2, 0.25) is 5.91 Å². The van der Waals surface area contributed by atoms with Crippen LogP contribution in [0.1, 0.15) is 50.5 Å². The topological polar surface area (TPSA) is 70.2 Å². The first kappa shape index (κ1) is 16.9. The maximum absolute atomic E-state index is 13.1. The first-order valence-electron chi connectivity index (χ1n) is 8.66. The van der Waals surface area contributed by atoms with Crippen LogP contribution < -0.4 is 16.0 Å². The number of amides is 3. The molecule has 0 unspecified atom stereocenters. The Hall–Kier alpha value is -1.95. The van der Waals surface area contributed by atoms with E-state index in [1.165, 1.54) is 12.1 Å². The number of urea groups is 1. The number of nitrogens with one attached hydrogen (secondary N) is 3. The average Bonchev–Trinajstić information content (AvgIpc) is 3.24. The van der Waals surface area contributed by atoms with Crippen LogP contribution in [0.25, 0.3) is 0 Å². The third kappa shape index (κ3) is 4.32. The predicted octanol–water partition coefficient (Wildman–Crippen LogP) is 2.43.